The molecule has 1 amide bonds. The first-order chi connectivity index (χ1) is 12.3. The van der Waals surface area contributed by atoms with Gasteiger partial charge in [-0.15, -0.1) is 0 Å². The number of rotatable bonds is 5. The van der Waals surface area contributed by atoms with Gasteiger partial charge in [-0.05, 0) is 54.8 Å². The summed E-state index contributed by atoms with van der Waals surface area (Å²) in [4.78, 5) is 13.9. The fourth-order valence-electron chi connectivity index (χ4n) is 3.11. The third-order valence-corrected chi connectivity index (χ3v) is 7.04. The van der Waals surface area contributed by atoms with Crippen LogP contribution in [0.5, 0.6) is 0 Å². The van der Waals surface area contributed by atoms with E-state index < -0.39 is 10.0 Å². The molecule has 3 rings (SSSR count). The van der Waals surface area contributed by atoms with Gasteiger partial charge >= 0.3 is 0 Å². The average Bonchev–Trinajstić information content (AvgIpc) is 3.02. The number of carbonyl (C=O) groups excluding carboxylic acids is 1. The molecule has 0 aromatic heterocycles. The summed E-state index contributed by atoms with van der Waals surface area (Å²) in [6, 6.07) is 12.7. The van der Waals surface area contributed by atoms with Crippen molar-refractivity contribution in [2.45, 2.75) is 31.2 Å². The third-order valence-electron chi connectivity index (χ3n) is 4.55. The third kappa shape index (κ3) is 3.84. The summed E-state index contributed by atoms with van der Waals surface area (Å²) >= 11 is 3.38. The van der Waals surface area contributed by atoms with E-state index in [4.69, 9.17) is 0 Å². The first-order valence-electron chi connectivity index (χ1n) is 8.41. The maximum Gasteiger partial charge on any atom is 0.243 e. The average molecular weight is 437 g/mol. The van der Waals surface area contributed by atoms with Gasteiger partial charge in [0.25, 0.3) is 0 Å². The molecule has 0 radical (unpaired) electrons. The highest BCUT2D eigenvalue weighted by molar-refractivity contribution is 9.10. The molecule has 1 aliphatic rings. The van der Waals surface area contributed by atoms with Crippen molar-refractivity contribution in [3.8, 4) is 0 Å². The normalized spacial score (nSPS) is 15.1. The first kappa shape index (κ1) is 19.1. The number of anilines is 1. The fraction of sp³-hybridized carbons (Fsp3) is 0.316. The molecule has 0 bridgehead atoms. The van der Waals surface area contributed by atoms with Crippen LogP contribution in [0.4, 0.5) is 5.69 Å². The quantitative estimate of drug-likeness (QED) is 0.717. The molecule has 0 unspecified atom stereocenters. The van der Waals surface area contributed by atoms with Crippen LogP contribution in [0, 0.1) is 6.92 Å². The topological polar surface area (TPSA) is 57.7 Å². The van der Waals surface area contributed by atoms with E-state index in [0.29, 0.717) is 25.1 Å². The Bertz CT molecular complexity index is 926. The van der Waals surface area contributed by atoms with Crippen molar-refractivity contribution < 1.29 is 13.2 Å². The summed E-state index contributed by atoms with van der Waals surface area (Å²) in [6.07, 6.45) is 1.39. The van der Waals surface area contributed by atoms with Gasteiger partial charge < -0.3 is 4.90 Å². The Hall–Kier alpha value is -1.70. The number of aryl methyl sites for hydroxylation is 1. The van der Waals surface area contributed by atoms with Gasteiger partial charge in [0, 0.05) is 36.7 Å². The van der Waals surface area contributed by atoms with Gasteiger partial charge in [-0.1, -0.05) is 28.1 Å². The number of sulfonamides is 1. The molecular formula is C19H21BrN2O3S. The summed E-state index contributed by atoms with van der Waals surface area (Å²) in [7, 11) is -2.04. The largest absolute Gasteiger partial charge is 0.312 e. The number of halogens is 1. The first-order valence-corrected chi connectivity index (χ1v) is 10.6. The van der Waals surface area contributed by atoms with Crippen LogP contribution in [0.15, 0.2) is 51.8 Å². The van der Waals surface area contributed by atoms with Crippen LogP contribution in [0.3, 0.4) is 0 Å². The van der Waals surface area contributed by atoms with Crippen molar-refractivity contribution in [2.24, 2.45) is 0 Å². The molecular weight excluding hydrogens is 416 g/mol. The molecule has 1 saturated heterocycles. The van der Waals surface area contributed by atoms with Crippen molar-refractivity contribution in [1.82, 2.24) is 4.31 Å². The number of carbonyl (C=O) groups is 1. The number of amides is 1. The number of hydrogen-bond donors (Lipinski definition) is 0. The lowest BCUT2D eigenvalue weighted by molar-refractivity contribution is -0.117. The van der Waals surface area contributed by atoms with E-state index in [1.54, 1.807) is 37.1 Å². The highest BCUT2D eigenvalue weighted by atomic mass is 79.9. The highest BCUT2D eigenvalue weighted by Gasteiger charge is 2.26. The van der Waals surface area contributed by atoms with E-state index in [2.05, 4.69) is 15.9 Å². The SMILES string of the molecule is Cc1cc(N2CCCC2=O)ccc1S(=O)(=O)N(C)Cc1ccc(Br)cc1. The van der Waals surface area contributed by atoms with E-state index in [1.165, 1.54) is 4.31 Å². The van der Waals surface area contributed by atoms with Crippen LogP contribution >= 0.6 is 15.9 Å². The molecule has 26 heavy (non-hydrogen) atoms. The fourth-order valence-corrected chi connectivity index (χ4v) is 4.74. The van der Waals surface area contributed by atoms with Gasteiger partial charge in [-0.25, -0.2) is 8.42 Å². The van der Waals surface area contributed by atoms with Crippen molar-refractivity contribution in [3.63, 3.8) is 0 Å². The lowest BCUT2D eigenvalue weighted by Gasteiger charge is -2.21. The minimum Gasteiger partial charge on any atom is -0.312 e. The smallest absolute Gasteiger partial charge is 0.243 e. The van der Waals surface area contributed by atoms with Gasteiger partial charge in [0.15, 0.2) is 0 Å². The Morgan fingerprint density at radius 3 is 2.42 bits per heavy atom. The maximum atomic E-state index is 13.0. The van der Waals surface area contributed by atoms with E-state index >= 15 is 0 Å². The van der Waals surface area contributed by atoms with Gasteiger partial charge in [-0.3, -0.25) is 4.79 Å². The molecule has 1 heterocycles. The summed E-state index contributed by atoms with van der Waals surface area (Å²) in [5.74, 6) is 0.0902. The second-order valence-corrected chi connectivity index (χ2v) is 9.42. The highest BCUT2D eigenvalue weighted by Crippen LogP contribution is 2.28. The Balaban J connectivity index is 1.84. The van der Waals surface area contributed by atoms with Crippen molar-refractivity contribution in [3.05, 3.63) is 58.1 Å². The van der Waals surface area contributed by atoms with E-state index in [1.807, 2.05) is 24.3 Å². The number of hydrogen-bond acceptors (Lipinski definition) is 3. The van der Waals surface area contributed by atoms with E-state index in [0.717, 1.165) is 22.1 Å². The molecule has 1 fully saturated rings. The van der Waals surface area contributed by atoms with Crippen LogP contribution in [-0.2, 0) is 21.4 Å². The number of benzene rings is 2. The molecule has 0 atom stereocenters. The minimum atomic E-state index is -3.61. The zero-order valence-corrected chi connectivity index (χ0v) is 17.2. The molecule has 2 aromatic rings. The van der Waals surface area contributed by atoms with Gasteiger partial charge in [0.1, 0.15) is 0 Å². The predicted molar refractivity (Wildman–Crippen MR) is 106 cm³/mol. The molecule has 2 aromatic carbocycles. The minimum absolute atomic E-state index is 0.0902. The molecule has 138 valence electrons. The summed E-state index contributed by atoms with van der Waals surface area (Å²) in [5.41, 5.74) is 2.32. The van der Waals surface area contributed by atoms with Gasteiger partial charge in [0.05, 0.1) is 4.90 Å². The second-order valence-electron chi connectivity index (χ2n) is 6.49. The van der Waals surface area contributed by atoms with Crippen molar-refractivity contribution in [1.29, 1.82) is 0 Å². The maximum absolute atomic E-state index is 13.0. The zero-order chi connectivity index (χ0) is 18.9. The van der Waals surface area contributed by atoms with Crippen molar-refractivity contribution >= 4 is 37.5 Å². The molecule has 7 heteroatoms. The molecule has 0 spiro atoms. The van der Waals surface area contributed by atoms with E-state index in [-0.39, 0.29) is 10.8 Å². The van der Waals surface area contributed by atoms with Crippen LogP contribution in [-0.4, -0.2) is 32.2 Å². The Morgan fingerprint density at radius 2 is 1.85 bits per heavy atom. The molecule has 1 aliphatic heterocycles. The second kappa shape index (κ2) is 7.50. The van der Waals surface area contributed by atoms with Gasteiger partial charge in [-0.2, -0.15) is 4.31 Å². The number of nitrogens with zero attached hydrogens (tertiary/aromatic N) is 2. The molecule has 5 nitrogen and oxygen atoms in total. The van der Waals surface area contributed by atoms with Crippen molar-refractivity contribution in [2.75, 3.05) is 18.5 Å². The molecule has 0 aliphatic carbocycles. The summed E-state index contributed by atoms with van der Waals surface area (Å²) < 4.78 is 28.2. The predicted octanol–water partition coefficient (Wildman–Crippen LogP) is 3.71. The molecule has 0 N–H and O–H groups in total. The van der Waals surface area contributed by atoms with Crippen LogP contribution in [0.2, 0.25) is 0 Å². The Morgan fingerprint density at radius 1 is 1.15 bits per heavy atom. The summed E-state index contributed by atoms with van der Waals surface area (Å²) in [6.45, 7) is 2.75. The van der Waals surface area contributed by atoms with E-state index in [9.17, 15) is 13.2 Å². The lowest BCUT2D eigenvalue weighted by Crippen LogP contribution is -2.27. The monoisotopic (exact) mass is 436 g/mol. The standard InChI is InChI=1S/C19H21BrN2O3S/c1-14-12-17(22-11-3-4-19(22)23)9-10-18(14)26(24,25)21(2)13-15-5-7-16(20)8-6-15/h5-10,12H,3-4,11,13H2,1-2H3. The van der Waals surface area contributed by atoms with Crippen LogP contribution < -0.4 is 4.90 Å². The zero-order valence-electron chi connectivity index (χ0n) is 14.8. The van der Waals surface area contributed by atoms with Crippen LogP contribution in [0.1, 0.15) is 24.0 Å². The molecule has 0 saturated carbocycles. The van der Waals surface area contributed by atoms with Crippen LogP contribution in [0.25, 0.3) is 0 Å². The van der Waals surface area contributed by atoms with Gasteiger partial charge in [0.2, 0.25) is 15.9 Å². The Kier molecular flexibility index (Phi) is 5.50. The lowest BCUT2D eigenvalue weighted by atomic mass is 10.2. The summed E-state index contributed by atoms with van der Waals surface area (Å²) in [5, 5.41) is 0. The Labute approximate surface area is 162 Å².